The lowest BCUT2D eigenvalue weighted by Gasteiger charge is -2.07. The zero-order valence-corrected chi connectivity index (χ0v) is 10.5. The van der Waals surface area contributed by atoms with Crippen molar-refractivity contribution in [2.75, 3.05) is 18.9 Å². The number of anilines is 1. The summed E-state index contributed by atoms with van der Waals surface area (Å²) in [5.74, 6) is -0.336. The van der Waals surface area contributed by atoms with Crippen molar-refractivity contribution in [3.63, 3.8) is 0 Å². The van der Waals surface area contributed by atoms with E-state index in [4.69, 9.17) is 11.5 Å². The predicted molar refractivity (Wildman–Crippen MR) is 66.4 cm³/mol. The lowest BCUT2D eigenvalue weighted by molar-refractivity contribution is 0.0937. The van der Waals surface area contributed by atoms with Crippen molar-refractivity contribution >= 4 is 33.6 Å². The first-order chi connectivity index (χ1) is 8.00. The number of amides is 2. The van der Waals surface area contributed by atoms with Gasteiger partial charge in [-0.1, -0.05) is 15.9 Å². The second kappa shape index (κ2) is 6.09. The van der Waals surface area contributed by atoms with Gasteiger partial charge in [0.15, 0.2) is 0 Å². The summed E-state index contributed by atoms with van der Waals surface area (Å²) < 4.78 is 5.22. The molecule has 0 aliphatic rings. The standard InChI is InChI=1S/C10H12BrN3O3/c11-6-1-2-8(12)7(5-6)9(15)14-3-4-17-10(13)16/h1-2,5H,3-4,12H2,(H2,13,16)(H,14,15). The molecule has 17 heavy (non-hydrogen) atoms. The number of halogens is 1. The molecule has 2 amide bonds. The minimum absolute atomic E-state index is 0.0228. The topological polar surface area (TPSA) is 107 Å². The van der Waals surface area contributed by atoms with E-state index in [2.05, 4.69) is 26.0 Å². The van der Waals surface area contributed by atoms with Gasteiger partial charge >= 0.3 is 6.09 Å². The van der Waals surface area contributed by atoms with Gasteiger partial charge in [0, 0.05) is 10.2 Å². The van der Waals surface area contributed by atoms with E-state index in [1.807, 2.05) is 0 Å². The van der Waals surface area contributed by atoms with Crippen molar-refractivity contribution in [3.8, 4) is 0 Å². The zero-order valence-electron chi connectivity index (χ0n) is 8.90. The van der Waals surface area contributed by atoms with Gasteiger partial charge in [0.25, 0.3) is 5.91 Å². The van der Waals surface area contributed by atoms with Crippen molar-refractivity contribution in [2.24, 2.45) is 5.73 Å². The molecule has 0 aliphatic heterocycles. The number of hydrogen-bond donors (Lipinski definition) is 3. The molecule has 0 atom stereocenters. The maximum absolute atomic E-state index is 11.7. The molecule has 6 nitrogen and oxygen atoms in total. The third kappa shape index (κ3) is 4.31. The van der Waals surface area contributed by atoms with E-state index >= 15 is 0 Å². The highest BCUT2D eigenvalue weighted by atomic mass is 79.9. The van der Waals surface area contributed by atoms with E-state index in [1.165, 1.54) is 0 Å². The van der Waals surface area contributed by atoms with Gasteiger partial charge in [-0.15, -0.1) is 0 Å². The summed E-state index contributed by atoms with van der Waals surface area (Å²) in [6.45, 7) is 0.197. The molecular formula is C10H12BrN3O3. The lowest BCUT2D eigenvalue weighted by Crippen LogP contribution is -2.29. The van der Waals surface area contributed by atoms with Crippen molar-refractivity contribution < 1.29 is 14.3 Å². The molecule has 1 aromatic rings. The van der Waals surface area contributed by atoms with Crippen molar-refractivity contribution in [3.05, 3.63) is 28.2 Å². The Morgan fingerprint density at radius 3 is 2.76 bits per heavy atom. The lowest BCUT2D eigenvalue weighted by atomic mass is 10.1. The first-order valence-electron chi connectivity index (χ1n) is 4.76. The molecule has 0 saturated heterocycles. The van der Waals surface area contributed by atoms with Crippen LogP contribution >= 0.6 is 15.9 Å². The van der Waals surface area contributed by atoms with Gasteiger partial charge in [0.1, 0.15) is 6.61 Å². The van der Waals surface area contributed by atoms with E-state index in [1.54, 1.807) is 18.2 Å². The van der Waals surface area contributed by atoms with Gasteiger partial charge in [-0.3, -0.25) is 4.79 Å². The summed E-state index contributed by atoms with van der Waals surface area (Å²) in [7, 11) is 0. The smallest absolute Gasteiger partial charge is 0.404 e. The zero-order chi connectivity index (χ0) is 12.8. The van der Waals surface area contributed by atoms with Gasteiger partial charge in [0.2, 0.25) is 0 Å². The first kappa shape index (κ1) is 13.3. The van der Waals surface area contributed by atoms with Crippen LogP contribution in [-0.2, 0) is 4.74 Å². The fourth-order valence-electron chi connectivity index (χ4n) is 1.14. The Hall–Kier alpha value is -1.76. The second-order valence-electron chi connectivity index (χ2n) is 3.15. The number of carbonyl (C=O) groups excluding carboxylic acids is 2. The van der Waals surface area contributed by atoms with Crippen LogP contribution in [-0.4, -0.2) is 25.2 Å². The molecule has 0 fully saturated rings. The van der Waals surface area contributed by atoms with E-state index in [0.29, 0.717) is 11.3 Å². The summed E-state index contributed by atoms with van der Waals surface area (Å²) in [6, 6.07) is 4.97. The summed E-state index contributed by atoms with van der Waals surface area (Å²) >= 11 is 3.24. The molecule has 0 unspecified atom stereocenters. The van der Waals surface area contributed by atoms with Gasteiger partial charge < -0.3 is 21.5 Å². The number of rotatable bonds is 4. The van der Waals surface area contributed by atoms with Crippen LogP contribution in [0.2, 0.25) is 0 Å². The maximum atomic E-state index is 11.7. The molecule has 0 aliphatic carbocycles. The van der Waals surface area contributed by atoms with Crippen LogP contribution < -0.4 is 16.8 Å². The molecule has 1 rings (SSSR count). The number of hydrogen-bond acceptors (Lipinski definition) is 4. The monoisotopic (exact) mass is 301 g/mol. The molecule has 0 heterocycles. The normalized spacial score (nSPS) is 9.71. The number of primary amides is 1. The van der Waals surface area contributed by atoms with Crippen LogP contribution in [0.4, 0.5) is 10.5 Å². The third-order valence-corrected chi connectivity index (χ3v) is 2.39. The van der Waals surface area contributed by atoms with E-state index < -0.39 is 6.09 Å². The van der Waals surface area contributed by atoms with E-state index in [9.17, 15) is 9.59 Å². The van der Waals surface area contributed by atoms with Crippen molar-refractivity contribution in [1.82, 2.24) is 5.32 Å². The Labute approximate surface area is 106 Å². The fourth-order valence-corrected chi connectivity index (χ4v) is 1.50. The first-order valence-corrected chi connectivity index (χ1v) is 5.55. The van der Waals surface area contributed by atoms with Crippen LogP contribution in [0.1, 0.15) is 10.4 Å². The Morgan fingerprint density at radius 2 is 2.12 bits per heavy atom. The summed E-state index contributed by atoms with van der Waals surface area (Å²) in [5, 5.41) is 2.55. The minimum Gasteiger partial charge on any atom is -0.448 e. The van der Waals surface area contributed by atoms with Gasteiger partial charge in [-0.05, 0) is 18.2 Å². The van der Waals surface area contributed by atoms with Crippen molar-refractivity contribution in [2.45, 2.75) is 0 Å². The molecule has 0 bridgehead atoms. The number of benzene rings is 1. The van der Waals surface area contributed by atoms with Gasteiger partial charge in [0.05, 0.1) is 12.1 Å². The number of nitrogens with two attached hydrogens (primary N) is 2. The number of carbonyl (C=O) groups is 2. The Balaban J connectivity index is 2.52. The maximum Gasteiger partial charge on any atom is 0.404 e. The molecular weight excluding hydrogens is 290 g/mol. The third-order valence-electron chi connectivity index (χ3n) is 1.89. The van der Waals surface area contributed by atoms with E-state index in [-0.39, 0.29) is 19.1 Å². The Morgan fingerprint density at radius 1 is 1.41 bits per heavy atom. The van der Waals surface area contributed by atoms with Crippen LogP contribution in [0.5, 0.6) is 0 Å². The average Bonchev–Trinajstić information content (AvgIpc) is 2.27. The van der Waals surface area contributed by atoms with E-state index in [0.717, 1.165) is 4.47 Å². The largest absolute Gasteiger partial charge is 0.448 e. The van der Waals surface area contributed by atoms with Crippen LogP contribution in [0.15, 0.2) is 22.7 Å². The van der Waals surface area contributed by atoms with Gasteiger partial charge in [-0.25, -0.2) is 4.79 Å². The summed E-state index contributed by atoms with van der Waals surface area (Å²) in [5.41, 5.74) is 11.2. The van der Waals surface area contributed by atoms with Crippen LogP contribution in [0.25, 0.3) is 0 Å². The predicted octanol–water partition coefficient (Wildman–Crippen LogP) is 0.856. The molecule has 5 N–H and O–H groups in total. The van der Waals surface area contributed by atoms with Crippen LogP contribution in [0.3, 0.4) is 0 Å². The highest BCUT2D eigenvalue weighted by Gasteiger charge is 2.09. The molecule has 0 radical (unpaired) electrons. The fraction of sp³-hybridized carbons (Fsp3) is 0.200. The molecule has 0 spiro atoms. The van der Waals surface area contributed by atoms with Gasteiger partial charge in [-0.2, -0.15) is 0 Å². The molecule has 0 aromatic heterocycles. The minimum atomic E-state index is -0.874. The Bertz CT molecular complexity index is 437. The molecule has 92 valence electrons. The molecule has 7 heteroatoms. The summed E-state index contributed by atoms with van der Waals surface area (Å²) in [4.78, 5) is 22.0. The van der Waals surface area contributed by atoms with Crippen LogP contribution in [0, 0.1) is 0 Å². The van der Waals surface area contributed by atoms with Crippen molar-refractivity contribution in [1.29, 1.82) is 0 Å². The quantitative estimate of drug-likeness (QED) is 0.566. The molecule has 1 aromatic carbocycles. The molecule has 0 saturated carbocycles. The number of ether oxygens (including phenoxy) is 1. The SMILES string of the molecule is NC(=O)OCCNC(=O)c1cc(Br)ccc1N. The number of nitrogens with one attached hydrogen (secondary N) is 1. The average molecular weight is 302 g/mol. The number of nitrogen functional groups attached to an aromatic ring is 1. The highest BCUT2D eigenvalue weighted by Crippen LogP contribution is 2.18. The Kier molecular flexibility index (Phi) is 4.77. The second-order valence-corrected chi connectivity index (χ2v) is 4.07. The highest BCUT2D eigenvalue weighted by molar-refractivity contribution is 9.10. The summed E-state index contributed by atoms with van der Waals surface area (Å²) in [6.07, 6.45) is -0.874.